The van der Waals surface area contributed by atoms with Gasteiger partial charge in [-0.15, -0.1) is 0 Å². The quantitative estimate of drug-likeness (QED) is 0.352. The van der Waals surface area contributed by atoms with Gasteiger partial charge in [0.15, 0.2) is 17.3 Å². The van der Waals surface area contributed by atoms with Crippen LogP contribution in [0, 0.1) is 0 Å². The van der Waals surface area contributed by atoms with Crippen molar-refractivity contribution in [2.24, 2.45) is 0 Å². The molecular weight excluding hydrogens is 370 g/mol. The first-order chi connectivity index (χ1) is 14.0. The summed E-state index contributed by atoms with van der Waals surface area (Å²) in [5.41, 5.74) is 8.45. The van der Waals surface area contributed by atoms with Gasteiger partial charge in [0.1, 0.15) is 5.75 Å². The monoisotopic (exact) mass is 399 g/mol. The molecule has 29 heavy (non-hydrogen) atoms. The predicted octanol–water partition coefficient (Wildman–Crippen LogP) is 4.76. The maximum atomic E-state index is 13.4. The second kappa shape index (κ2) is 10.4. The average Bonchev–Trinajstić information content (AvgIpc) is 2.74. The SMILES string of the molecule is CCCC(=Cc1ccc(N)c(OCC)c1)C(=O)c1ccc(OC)c(OC)c1OC. The number of carbonyl (C=O) groups is 1. The number of nitrogens with two attached hydrogens (primary N) is 1. The molecule has 2 aromatic carbocycles. The van der Waals surface area contributed by atoms with Gasteiger partial charge in [-0.25, -0.2) is 0 Å². The second-order valence-corrected chi connectivity index (χ2v) is 6.36. The van der Waals surface area contributed by atoms with Crippen molar-refractivity contribution in [2.45, 2.75) is 26.7 Å². The first-order valence-electron chi connectivity index (χ1n) is 9.57. The average molecular weight is 399 g/mol. The lowest BCUT2D eigenvalue weighted by Crippen LogP contribution is -2.08. The van der Waals surface area contributed by atoms with E-state index in [2.05, 4.69) is 0 Å². The molecule has 0 fully saturated rings. The van der Waals surface area contributed by atoms with Gasteiger partial charge >= 0.3 is 0 Å². The third kappa shape index (κ3) is 5.02. The van der Waals surface area contributed by atoms with Crippen LogP contribution in [0.4, 0.5) is 5.69 Å². The third-order valence-electron chi connectivity index (χ3n) is 4.44. The van der Waals surface area contributed by atoms with E-state index in [4.69, 9.17) is 24.7 Å². The lowest BCUT2D eigenvalue weighted by Gasteiger charge is -2.16. The Labute approximate surface area is 172 Å². The first kappa shape index (κ1) is 22.1. The summed E-state index contributed by atoms with van der Waals surface area (Å²) >= 11 is 0. The number of methoxy groups -OCH3 is 3. The number of hydrogen-bond acceptors (Lipinski definition) is 6. The Balaban J connectivity index is 2.52. The van der Waals surface area contributed by atoms with Gasteiger partial charge in [0, 0.05) is 5.57 Å². The number of ketones is 1. The summed E-state index contributed by atoms with van der Waals surface area (Å²) in [6, 6.07) is 8.89. The van der Waals surface area contributed by atoms with E-state index in [9.17, 15) is 4.79 Å². The lowest BCUT2D eigenvalue weighted by atomic mass is 9.96. The van der Waals surface area contributed by atoms with E-state index in [-0.39, 0.29) is 5.78 Å². The Morgan fingerprint density at radius 3 is 2.28 bits per heavy atom. The van der Waals surface area contributed by atoms with E-state index in [0.29, 0.717) is 52.8 Å². The number of Topliss-reactive ketones (excluding diaryl/α,β-unsaturated/α-hetero) is 1. The molecule has 0 saturated heterocycles. The third-order valence-corrected chi connectivity index (χ3v) is 4.44. The number of rotatable bonds is 10. The molecule has 6 nitrogen and oxygen atoms in total. The van der Waals surface area contributed by atoms with Crippen LogP contribution in [0.15, 0.2) is 35.9 Å². The van der Waals surface area contributed by atoms with Crippen LogP contribution in [-0.2, 0) is 0 Å². The van der Waals surface area contributed by atoms with Crippen LogP contribution in [-0.4, -0.2) is 33.7 Å². The highest BCUT2D eigenvalue weighted by Crippen LogP contribution is 2.41. The zero-order chi connectivity index (χ0) is 21.4. The second-order valence-electron chi connectivity index (χ2n) is 6.36. The summed E-state index contributed by atoms with van der Waals surface area (Å²) < 4.78 is 21.8. The molecule has 2 N–H and O–H groups in total. The van der Waals surface area contributed by atoms with Gasteiger partial charge < -0.3 is 24.7 Å². The maximum absolute atomic E-state index is 13.4. The Morgan fingerprint density at radius 2 is 1.69 bits per heavy atom. The molecule has 0 aliphatic carbocycles. The fourth-order valence-electron chi connectivity index (χ4n) is 3.10. The first-order valence-corrected chi connectivity index (χ1v) is 9.57. The fourth-order valence-corrected chi connectivity index (χ4v) is 3.10. The molecule has 2 rings (SSSR count). The van der Waals surface area contributed by atoms with Gasteiger partial charge in [0.05, 0.1) is 39.2 Å². The molecule has 0 radical (unpaired) electrons. The highest BCUT2D eigenvalue weighted by molar-refractivity contribution is 6.13. The number of ether oxygens (including phenoxy) is 4. The molecule has 6 heteroatoms. The van der Waals surface area contributed by atoms with E-state index < -0.39 is 0 Å². The van der Waals surface area contributed by atoms with E-state index >= 15 is 0 Å². The van der Waals surface area contributed by atoms with Crippen LogP contribution >= 0.6 is 0 Å². The number of nitrogen functional groups attached to an aromatic ring is 1. The van der Waals surface area contributed by atoms with Crippen LogP contribution in [0.5, 0.6) is 23.0 Å². The molecule has 0 spiro atoms. The summed E-state index contributed by atoms with van der Waals surface area (Å²) in [5, 5.41) is 0. The number of benzene rings is 2. The molecular formula is C23H29NO5. The number of carbonyl (C=O) groups excluding carboxylic acids is 1. The smallest absolute Gasteiger partial charge is 0.204 e. The molecule has 0 unspecified atom stereocenters. The maximum Gasteiger partial charge on any atom is 0.204 e. The summed E-state index contributed by atoms with van der Waals surface area (Å²) in [5.74, 6) is 1.73. The molecule has 0 atom stereocenters. The summed E-state index contributed by atoms with van der Waals surface area (Å²) in [6.07, 6.45) is 3.30. The van der Waals surface area contributed by atoms with Crippen molar-refractivity contribution in [3.05, 3.63) is 47.0 Å². The highest BCUT2D eigenvalue weighted by Gasteiger charge is 2.22. The Hall–Kier alpha value is -3.15. The Kier molecular flexibility index (Phi) is 7.95. The van der Waals surface area contributed by atoms with Crippen molar-refractivity contribution in [2.75, 3.05) is 33.7 Å². The number of anilines is 1. The van der Waals surface area contributed by atoms with Crippen molar-refractivity contribution >= 4 is 17.5 Å². The Morgan fingerprint density at radius 1 is 0.966 bits per heavy atom. The summed E-state index contributed by atoms with van der Waals surface area (Å²) in [4.78, 5) is 13.4. The van der Waals surface area contributed by atoms with Crippen molar-refractivity contribution in [3.8, 4) is 23.0 Å². The molecule has 0 amide bonds. The molecule has 0 heterocycles. The van der Waals surface area contributed by atoms with Gasteiger partial charge in [-0.2, -0.15) is 0 Å². The van der Waals surface area contributed by atoms with Crippen molar-refractivity contribution in [1.29, 1.82) is 0 Å². The van der Waals surface area contributed by atoms with Gasteiger partial charge in [-0.05, 0) is 49.2 Å². The molecule has 0 bridgehead atoms. The van der Waals surface area contributed by atoms with Gasteiger partial charge in [-0.3, -0.25) is 4.79 Å². The summed E-state index contributed by atoms with van der Waals surface area (Å²) in [7, 11) is 4.56. The standard InChI is InChI=1S/C23H29NO5/c1-6-8-16(13-15-9-11-18(24)20(14-15)29-7-2)21(25)17-10-12-19(26-3)23(28-5)22(17)27-4/h9-14H,6-8,24H2,1-5H3. The zero-order valence-corrected chi connectivity index (χ0v) is 17.7. The minimum atomic E-state index is -0.126. The van der Waals surface area contributed by atoms with Gasteiger partial charge in [-0.1, -0.05) is 19.4 Å². The minimum Gasteiger partial charge on any atom is -0.493 e. The van der Waals surface area contributed by atoms with Gasteiger partial charge in [0.2, 0.25) is 5.75 Å². The molecule has 0 aliphatic heterocycles. The largest absolute Gasteiger partial charge is 0.493 e. The van der Waals surface area contributed by atoms with Crippen molar-refractivity contribution < 1.29 is 23.7 Å². The minimum absolute atomic E-state index is 0.126. The van der Waals surface area contributed by atoms with Crippen LogP contribution in [0.1, 0.15) is 42.6 Å². The molecule has 2 aromatic rings. The summed E-state index contributed by atoms with van der Waals surface area (Å²) in [6.45, 7) is 4.44. The van der Waals surface area contributed by atoms with Crippen LogP contribution in [0.2, 0.25) is 0 Å². The van der Waals surface area contributed by atoms with E-state index in [1.54, 1.807) is 18.2 Å². The zero-order valence-electron chi connectivity index (χ0n) is 17.7. The highest BCUT2D eigenvalue weighted by atomic mass is 16.5. The van der Waals surface area contributed by atoms with Crippen LogP contribution < -0.4 is 24.7 Å². The lowest BCUT2D eigenvalue weighted by molar-refractivity contribution is 0.102. The molecule has 156 valence electrons. The molecule has 0 aliphatic rings. The van der Waals surface area contributed by atoms with E-state index in [1.165, 1.54) is 21.3 Å². The normalized spacial score (nSPS) is 11.1. The molecule has 0 aromatic heterocycles. The van der Waals surface area contributed by atoms with Crippen molar-refractivity contribution in [1.82, 2.24) is 0 Å². The molecule has 0 saturated carbocycles. The Bertz CT molecular complexity index is 889. The van der Waals surface area contributed by atoms with Gasteiger partial charge in [0.25, 0.3) is 0 Å². The fraction of sp³-hybridized carbons (Fsp3) is 0.348. The van der Waals surface area contributed by atoms with E-state index in [0.717, 1.165) is 12.0 Å². The predicted molar refractivity (Wildman–Crippen MR) is 115 cm³/mol. The van der Waals surface area contributed by atoms with Crippen molar-refractivity contribution in [3.63, 3.8) is 0 Å². The van der Waals surface area contributed by atoms with Crippen LogP contribution in [0.3, 0.4) is 0 Å². The van der Waals surface area contributed by atoms with Crippen LogP contribution in [0.25, 0.3) is 6.08 Å². The topological polar surface area (TPSA) is 80.0 Å². The number of hydrogen-bond donors (Lipinski definition) is 1. The van der Waals surface area contributed by atoms with E-state index in [1.807, 2.05) is 32.1 Å². The number of allylic oxidation sites excluding steroid dienone is 1.